The Morgan fingerprint density at radius 2 is 2.00 bits per heavy atom. The molecule has 1 saturated heterocycles. The molecule has 0 spiro atoms. The molecule has 1 aliphatic rings. The van der Waals surface area contributed by atoms with Crippen LogP contribution in [0.1, 0.15) is 24.0 Å². The molecule has 0 aliphatic carbocycles. The van der Waals surface area contributed by atoms with E-state index in [-0.39, 0.29) is 0 Å². The third kappa shape index (κ3) is 3.27. The maximum Gasteiger partial charge on any atom is 0.0598 e. The molecular weight excluding hydrogens is 220 g/mol. The number of hydrogen-bond acceptors (Lipinski definition) is 2. The molecule has 1 aliphatic heterocycles. The van der Waals surface area contributed by atoms with Crippen LogP contribution in [0.15, 0.2) is 18.2 Å². The summed E-state index contributed by atoms with van der Waals surface area (Å²) in [5.74, 6) is 2.72. The van der Waals surface area contributed by atoms with E-state index in [0.717, 1.165) is 19.6 Å². The highest BCUT2D eigenvalue weighted by molar-refractivity contribution is 5.48. The maximum atomic E-state index is 5.34. The number of nitrogens with one attached hydrogen (secondary N) is 1. The highest BCUT2D eigenvalue weighted by atomic mass is 15.1. The molecule has 0 radical (unpaired) electrons. The van der Waals surface area contributed by atoms with Gasteiger partial charge in [0.1, 0.15) is 0 Å². The molecule has 1 aromatic carbocycles. The third-order valence-corrected chi connectivity index (χ3v) is 3.78. The van der Waals surface area contributed by atoms with E-state index in [2.05, 4.69) is 48.2 Å². The van der Waals surface area contributed by atoms with Gasteiger partial charge in [0.25, 0.3) is 0 Å². The van der Waals surface area contributed by atoms with Gasteiger partial charge in [-0.2, -0.15) is 0 Å². The number of aryl methyl sites for hydroxylation is 2. The minimum absolute atomic E-state index is 0.584. The first-order valence-electron chi connectivity index (χ1n) is 6.68. The second-order valence-electron chi connectivity index (χ2n) is 5.20. The van der Waals surface area contributed by atoms with Crippen molar-refractivity contribution in [2.75, 3.05) is 25.0 Å². The van der Waals surface area contributed by atoms with E-state index < -0.39 is 0 Å². The molecule has 1 heterocycles. The summed E-state index contributed by atoms with van der Waals surface area (Å²) in [5.41, 5.74) is 3.95. The minimum Gasteiger partial charge on any atom is -0.382 e. The fourth-order valence-corrected chi connectivity index (χ4v) is 2.43. The molecule has 2 heteroatoms. The van der Waals surface area contributed by atoms with Crippen LogP contribution in [-0.2, 0) is 0 Å². The molecule has 0 unspecified atom stereocenters. The minimum atomic E-state index is 0.584. The summed E-state index contributed by atoms with van der Waals surface area (Å²) >= 11 is 0. The van der Waals surface area contributed by atoms with Crippen molar-refractivity contribution in [3.05, 3.63) is 29.3 Å². The molecular formula is C16H22N2. The molecule has 1 N–H and O–H groups in total. The van der Waals surface area contributed by atoms with Crippen LogP contribution in [0.5, 0.6) is 0 Å². The quantitative estimate of drug-likeness (QED) is 0.820. The van der Waals surface area contributed by atoms with Crippen molar-refractivity contribution < 1.29 is 0 Å². The number of hydrogen-bond donors (Lipinski definition) is 1. The monoisotopic (exact) mass is 242 g/mol. The van der Waals surface area contributed by atoms with Gasteiger partial charge in [0, 0.05) is 24.8 Å². The lowest BCUT2D eigenvalue weighted by molar-refractivity contribution is 0.243. The van der Waals surface area contributed by atoms with Crippen molar-refractivity contribution in [2.45, 2.75) is 32.7 Å². The molecule has 0 saturated carbocycles. The van der Waals surface area contributed by atoms with Gasteiger partial charge in [0.05, 0.1) is 6.54 Å². The molecule has 18 heavy (non-hydrogen) atoms. The van der Waals surface area contributed by atoms with Gasteiger partial charge in [0.15, 0.2) is 0 Å². The van der Waals surface area contributed by atoms with Crippen LogP contribution in [0.25, 0.3) is 0 Å². The lowest BCUT2D eigenvalue weighted by Crippen LogP contribution is -2.39. The Kier molecular flexibility index (Phi) is 4.28. The van der Waals surface area contributed by atoms with Crippen LogP contribution < -0.4 is 5.32 Å². The van der Waals surface area contributed by atoms with E-state index in [4.69, 9.17) is 6.42 Å². The largest absolute Gasteiger partial charge is 0.382 e. The summed E-state index contributed by atoms with van der Waals surface area (Å²) < 4.78 is 0. The zero-order valence-electron chi connectivity index (χ0n) is 11.4. The van der Waals surface area contributed by atoms with Gasteiger partial charge in [0.2, 0.25) is 0 Å². The van der Waals surface area contributed by atoms with Crippen LogP contribution in [0, 0.1) is 26.2 Å². The SMILES string of the molecule is C#CCN1CCC(Nc2ccc(C)c(C)c2)CC1. The number of anilines is 1. The first-order valence-corrected chi connectivity index (χ1v) is 6.68. The first kappa shape index (κ1) is 13.0. The Balaban J connectivity index is 1.88. The Morgan fingerprint density at radius 1 is 1.28 bits per heavy atom. The maximum absolute atomic E-state index is 5.34. The molecule has 2 rings (SSSR count). The number of rotatable bonds is 3. The van der Waals surface area contributed by atoms with Crippen LogP contribution in [0.3, 0.4) is 0 Å². The lowest BCUT2D eigenvalue weighted by Gasteiger charge is -2.31. The van der Waals surface area contributed by atoms with E-state index in [1.54, 1.807) is 0 Å². The standard InChI is InChI=1S/C16H22N2/c1-4-9-18-10-7-15(8-11-18)17-16-6-5-13(2)14(3)12-16/h1,5-6,12,15,17H,7-11H2,2-3H3. The van der Waals surface area contributed by atoms with Gasteiger partial charge in [-0.1, -0.05) is 12.0 Å². The van der Waals surface area contributed by atoms with Crippen molar-refractivity contribution in [1.82, 2.24) is 4.90 Å². The molecule has 0 bridgehead atoms. The highest BCUT2D eigenvalue weighted by Gasteiger charge is 2.18. The molecule has 0 amide bonds. The van der Waals surface area contributed by atoms with Gasteiger partial charge in [-0.15, -0.1) is 6.42 Å². The van der Waals surface area contributed by atoms with E-state index in [1.807, 2.05) is 0 Å². The van der Waals surface area contributed by atoms with Crippen LogP contribution in [-0.4, -0.2) is 30.6 Å². The average molecular weight is 242 g/mol. The zero-order chi connectivity index (χ0) is 13.0. The second-order valence-corrected chi connectivity index (χ2v) is 5.20. The summed E-state index contributed by atoms with van der Waals surface area (Å²) in [6, 6.07) is 7.19. The van der Waals surface area contributed by atoms with Crippen molar-refractivity contribution in [3.8, 4) is 12.3 Å². The zero-order valence-corrected chi connectivity index (χ0v) is 11.4. The molecule has 0 atom stereocenters. The number of terminal acetylenes is 1. The van der Waals surface area contributed by atoms with Crippen LogP contribution in [0.4, 0.5) is 5.69 Å². The van der Waals surface area contributed by atoms with Gasteiger partial charge < -0.3 is 5.32 Å². The van der Waals surface area contributed by atoms with Gasteiger partial charge in [-0.3, -0.25) is 4.90 Å². The summed E-state index contributed by atoms with van der Waals surface area (Å²) in [6.45, 7) is 7.31. The Morgan fingerprint density at radius 3 is 2.61 bits per heavy atom. The third-order valence-electron chi connectivity index (χ3n) is 3.78. The van der Waals surface area contributed by atoms with E-state index in [9.17, 15) is 0 Å². The van der Waals surface area contributed by atoms with Crippen molar-refractivity contribution in [3.63, 3.8) is 0 Å². The van der Waals surface area contributed by atoms with E-state index in [0.29, 0.717) is 6.04 Å². The summed E-state index contributed by atoms with van der Waals surface area (Å²) in [4.78, 5) is 2.35. The number of piperidine rings is 1. The summed E-state index contributed by atoms with van der Waals surface area (Å²) in [5, 5.41) is 3.63. The molecule has 1 aromatic rings. The van der Waals surface area contributed by atoms with E-state index >= 15 is 0 Å². The fraction of sp³-hybridized carbons (Fsp3) is 0.500. The topological polar surface area (TPSA) is 15.3 Å². The molecule has 2 nitrogen and oxygen atoms in total. The summed E-state index contributed by atoms with van der Waals surface area (Å²) in [6.07, 6.45) is 7.69. The Bertz CT molecular complexity index is 437. The average Bonchev–Trinajstić information content (AvgIpc) is 2.37. The fourth-order valence-electron chi connectivity index (χ4n) is 2.43. The van der Waals surface area contributed by atoms with Crippen LogP contribution in [0.2, 0.25) is 0 Å². The number of likely N-dealkylation sites (tertiary alicyclic amines) is 1. The van der Waals surface area contributed by atoms with Crippen molar-refractivity contribution >= 4 is 5.69 Å². The van der Waals surface area contributed by atoms with E-state index in [1.165, 1.54) is 29.7 Å². The van der Waals surface area contributed by atoms with Crippen LogP contribution >= 0.6 is 0 Å². The first-order chi connectivity index (χ1) is 8.69. The molecule has 96 valence electrons. The summed E-state index contributed by atoms with van der Waals surface area (Å²) in [7, 11) is 0. The Labute approximate surface area is 110 Å². The smallest absolute Gasteiger partial charge is 0.0598 e. The Hall–Kier alpha value is -1.46. The van der Waals surface area contributed by atoms with Crippen molar-refractivity contribution in [2.24, 2.45) is 0 Å². The van der Waals surface area contributed by atoms with Crippen molar-refractivity contribution in [1.29, 1.82) is 0 Å². The van der Waals surface area contributed by atoms with Gasteiger partial charge in [-0.25, -0.2) is 0 Å². The molecule has 0 aromatic heterocycles. The number of nitrogens with zero attached hydrogens (tertiary/aromatic N) is 1. The normalized spacial score (nSPS) is 17.4. The van der Waals surface area contributed by atoms with Gasteiger partial charge >= 0.3 is 0 Å². The predicted octanol–water partition coefficient (Wildman–Crippen LogP) is 2.81. The predicted molar refractivity (Wildman–Crippen MR) is 77.8 cm³/mol. The molecule has 1 fully saturated rings. The second kappa shape index (κ2) is 5.93. The highest BCUT2D eigenvalue weighted by Crippen LogP contribution is 2.19. The number of benzene rings is 1. The lowest BCUT2D eigenvalue weighted by atomic mass is 10.0. The van der Waals surface area contributed by atoms with Gasteiger partial charge in [-0.05, 0) is 49.9 Å².